The Hall–Kier alpha value is -3.74. The van der Waals surface area contributed by atoms with E-state index in [1.165, 1.54) is 0 Å². The summed E-state index contributed by atoms with van der Waals surface area (Å²) in [5.41, 5.74) is 1.97. The number of carbonyl (C=O) groups is 2. The van der Waals surface area contributed by atoms with Gasteiger partial charge in [0.05, 0.1) is 5.69 Å². The molecule has 0 radical (unpaired) electrons. The van der Waals surface area contributed by atoms with Gasteiger partial charge in [-0.3, -0.25) is 14.4 Å². The van der Waals surface area contributed by atoms with Crippen molar-refractivity contribution in [2.75, 3.05) is 6.54 Å². The van der Waals surface area contributed by atoms with Gasteiger partial charge in [-0.1, -0.05) is 67.1 Å². The van der Waals surface area contributed by atoms with E-state index >= 15 is 0 Å². The van der Waals surface area contributed by atoms with Crippen molar-refractivity contribution in [1.29, 1.82) is 0 Å². The number of hydrogen-bond donors (Lipinski definition) is 3. The number of aliphatic carboxylic acids is 1. The molecule has 2 aromatic carbocycles. The fraction of sp³-hybridized carbons (Fsp3) is 0.217. The number of rotatable bonds is 9. The minimum Gasteiger partial charge on any atom is -0.481 e. The van der Waals surface area contributed by atoms with Crippen molar-refractivity contribution in [1.82, 2.24) is 15.5 Å². The Morgan fingerprint density at radius 1 is 0.900 bits per heavy atom. The first-order chi connectivity index (χ1) is 14.6. The van der Waals surface area contributed by atoms with Crippen molar-refractivity contribution in [3.8, 4) is 22.4 Å². The molecule has 0 aliphatic carbocycles. The van der Waals surface area contributed by atoms with E-state index in [2.05, 4.69) is 15.5 Å². The zero-order chi connectivity index (χ0) is 21.3. The van der Waals surface area contributed by atoms with Gasteiger partial charge in [0.25, 0.3) is 11.5 Å². The van der Waals surface area contributed by atoms with Gasteiger partial charge in [-0.15, -0.1) is 0 Å². The van der Waals surface area contributed by atoms with Crippen molar-refractivity contribution in [2.24, 2.45) is 0 Å². The van der Waals surface area contributed by atoms with Crippen LogP contribution in [0.2, 0.25) is 0 Å². The highest BCUT2D eigenvalue weighted by Crippen LogP contribution is 2.31. The number of nitrogens with zero attached hydrogens (tertiary/aromatic N) is 1. The van der Waals surface area contributed by atoms with Crippen molar-refractivity contribution < 1.29 is 14.7 Å². The Kier molecular flexibility index (Phi) is 7.10. The lowest BCUT2D eigenvalue weighted by atomic mass is 9.95. The summed E-state index contributed by atoms with van der Waals surface area (Å²) in [7, 11) is 0. The minimum atomic E-state index is -0.830. The summed E-state index contributed by atoms with van der Waals surface area (Å²) in [4.78, 5) is 36.1. The summed E-state index contributed by atoms with van der Waals surface area (Å²) in [6.45, 7) is 0.356. The molecule has 0 atom stereocenters. The molecule has 30 heavy (non-hydrogen) atoms. The van der Waals surface area contributed by atoms with Gasteiger partial charge in [-0.05, 0) is 18.4 Å². The van der Waals surface area contributed by atoms with E-state index in [1.54, 1.807) is 0 Å². The van der Waals surface area contributed by atoms with E-state index in [1.807, 2.05) is 60.7 Å². The molecular formula is C23H23N3O4. The summed E-state index contributed by atoms with van der Waals surface area (Å²) in [5, 5.41) is 18.1. The Bertz CT molecular complexity index is 1060. The SMILES string of the molecule is O=C(O)CCCCCNC(=O)c1c(-c2ccccc2)c(-c2ccccc2)n[nH]c1=O. The van der Waals surface area contributed by atoms with E-state index < -0.39 is 17.4 Å². The molecule has 3 rings (SSSR count). The molecule has 0 spiro atoms. The molecule has 3 N–H and O–H groups in total. The zero-order valence-electron chi connectivity index (χ0n) is 16.4. The lowest BCUT2D eigenvalue weighted by molar-refractivity contribution is -0.137. The van der Waals surface area contributed by atoms with E-state index in [9.17, 15) is 14.4 Å². The minimum absolute atomic E-state index is 0.0144. The number of aromatic nitrogens is 2. The monoisotopic (exact) mass is 405 g/mol. The van der Waals surface area contributed by atoms with Crippen molar-refractivity contribution >= 4 is 11.9 Å². The first-order valence-corrected chi connectivity index (χ1v) is 9.81. The van der Waals surface area contributed by atoms with Crippen LogP contribution in [0.3, 0.4) is 0 Å². The Morgan fingerprint density at radius 2 is 1.53 bits per heavy atom. The quantitative estimate of drug-likeness (QED) is 0.472. The summed E-state index contributed by atoms with van der Waals surface area (Å²) < 4.78 is 0. The number of benzene rings is 2. The van der Waals surface area contributed by atoms with E-state index in [-0.39, 0.29) is 12.0 Å². The van der Waals surface area contributed by atoms with E-state index in [4.69, 9.17) is 5.11 Å². The fourth-order valence-electron chi connectivity index (χ4n) is 3.23. The van der Waals surface area contributed by atoms with Crippen LogP contribution in [0.25, 0.3) is 22.4 Å². The lowest BCUT2D eigenvalue weighted by Gasteiger charge is -2.14. The lowest BCUT2D eigenvalue weighted by Crippen LogP contribution is -2.32. The first kappa shape index (κ1) is 21.0. The van der Waals surface area contributed by atoms with Crippen molar-refractivity contribution in [2.45, 2.75) is 25.7 Å². The number of aromatic amines is 1. The molecule has 154 valence electrons. The average molecular weight is 405 g/mol. The topological polar surface area (TPSA) is 112 Å². The van der Waals surface area contributed by atoms with Gasteiger partial charge in [0.2, 0.25) is 0 Å². The second kappa shape index (κ2) is 10.2. The molecule has 0 saturated carbocycles. The summed E-state index contributed by atoms with van der Waals surface area (Å²) in [6.07, 6.45) is 1.97. The molecule has 0 saturated heterocycles. The molecule has 1 amide bonds. The third-order valence-corrected chi connectivity index (χ3v) is 4.67. The molecular weight excluding hydrogens is 382 g/mol. The van der Waals surface area contributed by atoms with Gasteiger partial charge in [-0.2, -0.15) is 5.10 Å². The standard InChI is InChI=1S/C23H23N3O4/c27-18(28)14-8-3-9-15-24-22(29)20-19(16-10-4-1-5-11-16)21(25-26-23(20)30)17-12-6-2-7-13-17/h1-2,4-7,10-13H,3,8-9,14-15H2,(H,24,29)(H,26,30)(H,27,28). The summed E-state index contributed by atoms with van der Waals surface area (Å²) in [6, 6.07) is 18.6. The number of carboxylic acid groups (broad SMARTS) is 1. The number of carboxylic acids is 1. The summed E-state index contributed by atoms with van der Waals surface area (Å²) >= 11 is 0. The smallest absolute Gasteiger partial charge is 0.303 e. The number of amides is 1. The van der Waals surface area contributed by atoms with E-state index in [0.29, 0.717) is 37.1 Å². The third-order valence-electron chi connectivity index (χ3n) is 4.67. The van der Waals surface area contributed by atoms with Crippen LogP contribution in [0.5, 0.6) is 0 Å². The van der Waals surface area contributed by atoms with Crippen LogP contribution >= 0.6 is 0 Å². The highest BCUT2D eigenvalue weighted by molar-refractivity contribution is 6.03. The normalized spacial score (nSPS) is 10.5. The second-order valence-electron chi connectivity index (χ2n) is 6.84. The molecule has 0 fully saturated rings. The van der Waals surface area contributed by atoms with Crippen LogP contribution in [0.1, 0.15) is 36.0 Å². The Balaban J connectivity index is 1.91. The molecule has 0 bridgehead atoms. The predicted octanol–water partition coefficient (Wildman–Crippen LogP) is 3.48. The Labute approximate surface area is 173 Å². The van der Waals surface area contributed by atoms with Crippen LogP contribution in [0, 0.1) is 0 Å². The van der Waals surface area contributed by atoms with Crippen LogP contribution in [0.15, 0.2) is 65.5 Å². The van der Waals surface area contributed by atoms with Gasteiger partial charge in [0, 0.05) is 24.1 Å². The molecule has 1 heterocycles. The second-order valence-corrected chi connectivity index (χ2v) is 6.84. The van der Waals surface area contributed by atoms with Gasteiger partial charge in [0.15, 0.2) is 0 Å². The number of carbonyl (C=O) groups excluding carboxylic acids is 1. The number of unbranched alkanes of at least 4 members (excludes halogenated alkanes) is 2. The van der Waals surface area contributed by atoms with Gasteiger partial charge < -0.3 is 10.4 Å². The molecule has 1 aromatic heterocycles. The van der Waals surface area contributed by atoms with Crippen LogP contribution < -0.4 is 10.9 Å². The molecule has 0 unspecified atom stereocenters. The Morgan fingerprint density at radius 3 is 2.17 bits per heavy atom. The van der Waals surface area contributed by atoms with Crippen molar-refractivity contribution in [3.63, 3.8) is 0 Å². The van der Waals surface area contributed by atoms with Crippen LogP contribution in [-0.2, 0) is 4.79 Å². The number of H-pyrrole nitrogens is 1. The summed E-state index contributed by atoms with van der Waals surface area (Å²) in [5.74, 6) is -1.31. The maximum atomic E-state index is 12.9. The molecule has 0 aliphatic rings. The number of nitrogens with one attached hydrogen (secondary N) is 2. The number of hydrogen-bond acceptors (Lipinski definition) is 4. The zero-order valence-corrected chi connectivity index (χ0v) is 16.4. The molecule has 3 aromatic rings. The molecule has 0 aliphatic heterocycles. The van der Waals surface area contributed by atoms with Crippen LogP contribution in [0.4, 0.5) is 0 Å². The molecule has 7 nitrogen and oxygen atoms in total. The van der Waals surface area contributed by atoms with E-state index in [0.717, 1.165) is 11.1 Å². The highest BCUT2D eigenvalue weighted by atomic mass is 16.4. The highest BCUT2D eigenvalue weighted by Gasteiger charge is 2.22. The fourth-order valence-corrected chi connectivity index (χ4v) is 3.23. The van der Waals surface area contributed by atoms with Crippen molar-refractivity contribution in [3.05, 3.63) is 76.6 Å². The maximum Gasteiger partial charge on any atom is 0.303 e. The maximum absolute atomic E-state index is 12.9. The third kappa shape index (κ3) is 5.20. The van der Waals surface area contributed by atoms with Crippen LogP contribution in [-0.4, -0.2) is 33.7 Å². The largest absolute Gasteiger partial charge is 0.481 e. The van der Waals surface area contributed by atoms with Gasteiger partial charge in [0.1, 0.15) is 5.56 Å². The average Bonchev–Trinajstić information content (AvgIpc) is 2.76. The van der Waals surface area contributed by atoms with Gasteiger partial charge in [-0.25, -0.2) is 5.10 Å². The predicted molar refractivity (Wildman–Crippen MR) is 114 cm³/mol. The first-order valence-electron chi connectivity index (χ1n) is 9.81. The van der Waals surface area contributed by atoms with Gasteiger partial charge >= 0.3 is 5.97 Å². The molecule has 7 heteroatoms.